The Labute approximate surface area is 273 Å². The molecule has 3 nitrogen and oxygen atoms in total. The number of methoxy groups -OCH3 is 1. The lowest BCUT2D eigenvalue weighted by molar-refractivity contribution is 0.259. The molecular weight excluding hydrogens is 552 g/mol. The second-order valence-corrected chi connectivity index (χ2v) is 13.5. The Kier molecular flexibility index (Phi) is 12.1. The lowest BCUT2D eigenvalue weighted by atomic mass is 9.85. The van der Waals surface area contributed by atoms with Crippen LogP contribution in [0.15, 0.2) is 66.7 Å². The number of rotatable bonds is 18. The van der Waals surface area contributed by atoms with Gasteiger partial charge >= 0.3 is 0 Å². The van der Waals surface area contributed by atoms with Crippen molar-refractivity contribution in [2.45, 2.75) is 117 Å². The molecule has 1 saturated carbocycles. The van der Waals surface area contributed by atoms with E-state index in [1.165, 1.54) is 92.9 Å². The molecule has 242 valence electrons. The third kappa shape index (κ3) is 8.54. The summed E-state index contributed by atoms with van der Waals surface area (Å²) in [5.74, 6) is 5.16. The van der Waals surface area contributed by atoms with Crippen LogP contribution in [0.25, 0.3) is 11.1 Å². The van der Waals surface area contributed by atoms with Crippen molar-refractivity contribution in [2.75, 3.05) is 13.7 Å². The molecule has 1 fully saturated rings. The summed E-state index contributed by atoms with van der Waals surface area (Å²) in [5.41, 5.74) is 7.42. The highest BCUT2D eigenvalue weighted by molar-refractivity contribution is 5.95. The van der Waals surface area contributed by atoms with Gasteiger partial charge in [-0.2, -0.15) is 0 Å². The number of benzene rings is 3. The Morgan fingerprint density at radius 3 is 2.20 bits per heavy atom. The van der Waals surface area contributed by atoms with E-state index in [1.807, 2.05) is 12.1 Å². The second-order valence-electron chi connectivity index (χ2n) is 13.5. The molecule has 4 atom stereocenters. The predicted octanol–water partition coefficient (Wildman–Crippen LogP) is 12.2. The number of allylic oxidation sites excluding steroid dienone is 1. The van der Waals surface area contributed by atoms with E-state index in [2.05, 4.69) is 82.3 Å². The van der Waals surface area contributed by atoms with Crippen molar-refractivity contribution in [2.24, 2.45) is 11.8 Å². The van der Waals surface area contributed by atoms with Gasteiger partial charge in [-0.15, -0.1) is 0 Å². The summed E-state index contributed by atoms with van der Waals surface area (Å²) < 4.78 is 18.6. The Hall–Kier alpha value is -3.20. The Balaban J connectivity index is 1.29. The number of hydrogen-bond donors (Lipinski definition) is 0. The minimum atomic E-state index is -0.191. The number of fused-ring (bicyclic) bond motifs is 1. The maximum Gasteiger partial charge on any atom is 0.150 e. The van der Waals surface area contributed by atoms with Gasteiger partial charge in [-0.05, 0) is 96.5 Å². The largest absolute Gasteiger partial charge is 0.497 e. The van der Waals surface area contributed by atoms with Crippen LogP contribution in [-0.2, 0) is 0 Å². The van der Waals surface area contributed by atoms with Gasteiger partial charge in [0.1, 0.15) is 23.4 Å². The van der Waals surface area contributed by atoms with E-state index in [0.29, 0.717) is 5.92 Å². The third-order valence-electron chi connectivity index (χ3n) is 10.1. The molecule has 0 bridgehead atoms. The molecule has 45 heavy (non-hydrogen) atoms. The molecule has 0 spiro atoms. The molecular formula is C42H56O3. The van der Waals surface area contributed by atoms with Crippen LogP contribution in [0.5, 0.6) is 17.2 Å². The molecule has 1 heterocycles. The molecule has 1 aliphatic carbocycles. The van der Waals surface area contributed by atoms with E-state index in [1.54, 1.807) is 7.11 Å². The zero-order valence-corrected chi connectivity index (χ0v) is 28.6. The Bertz CT molecular complexity index is 1370. The number of unbranched alkanes of at least 4 members (excludes halogenated alkanes) is 3. The summed E-state index contributed by atoms with van der Waals surface area (Å²) in [4.78, 5) is 0. The fraction of sp³-hybridized carbons (Fsp3) is 0.524. The van der Waals surface area contributed by atoms with Crippen LogP contribution in [0, 0.1) is 11.8 Å². The van der Waals surface area contributed by atoms with E-state index < -0.39 is 0 Å². The molecule has 3 aromatic carbocycles. The van der Waals surface area contributed by atoms with E-state index in [4.69, 9.17) is 14.2 Å². The minimum absolute atomic E-state index is 0.191. The van der Waals surface area contributed by atoms with Gasteiger partial charge in [0.05, 0.1) is 13.7 Å². The Morgan fingerprint density at radius 1 is 0.756 bits per heavy atom. The van der Waals surface area contributed by atoms with Crippen molar-refractivity contribution in [3.63, 3.8) is 0 Å². The van der Waals surface area contributed by atoms with Crippen molar-refractivity contribution in [1.29, 1.82) is 0 Å². The van der Waals surface area contributed by atoms with Gasteiger partial charge in [-0.25, -0.2) is 0 Å². The third-order valence-corrected chi connectivity index (χ3v) is 10.1. The molecule has 0 aromatic heterocycles. The van der Waals surface area contributed by atoms with Gasteiger partial charge in [-0.3, -0.25) is 0 Å². The van der Waals surface area contributed by atoms with Gasteiger partial charge in [0.15, 0.2) is 0 Å². The average molecular weight is 609 g/mol. The standard InChI is InChI=1S/C42H56O3/c1-6-9-10-11-15-31(13-7-2)16-12-27-44-37-24-19-33(20-25-37)42-41(32-17-22-36(43-5)23-18-32)30(4)38-26-21-35(29-40(38)45-42)39-28-34(39)14-8-3/h17-26,29,31,34,39,42H,6-16,27-28H2,1-5H3. The highest BCUT2D eigenvalue weighted by Gasteiger charge is 2.38. The first kappa shape index (κ1) is 33.2. The summed E-state index contributed by atoms with van der Waals surface area (Å²) in [6.45, 7) is 9.93. The highest BCUT2D eigenvalue weighted by Crippen LogP contribution is 2.53. The SMILES string of the molecule is CCCCCCC(CCC)CCCOc1ccc(C2Oc3cc(C4CC4CCC)ccc3C(C)=C2c2ccc(OC)cc2)cc1. The lowest BCUT2D eigenvalue weighted by Gasteiger charge is -2.31. The van der Waals surface area contributed by atoms with Gasteiger partial charge in [0.25, 0.3) is 0 Å². The van der Waals surface area contributed by atoms with Crippen LogP contribution in [0.1, 0.15) is 139 Å². The predicted molar refractivity (Wildman–Crippen MR) is 189 cm³/mol. The van der Waals surface area contributed by atoms with Crippen LogP contribution < -0.4 is 14.2 Å². The van der Waals surface area contributed by atoms with Gasteiger partial charge in [-0.1, -0.05) is 115 Å². The zero-order chi connectivity index (χ0) is 31.6. The van der Waals surface area contributed by atoms with Crippen molar-refractivity contribution in [3.8, 4) is 17.2 Å². The second kappa shape index (κ2) is 16.4. The number of hydrogen-bond acceptors (Lipinski definition) is 3. The molecule has 3 heteroatoms. The molecule has 0 amide bonds. The van der Waals surface area contributed by atoms with Crippen LogP contribution in [0.2, 0.25) is 0 Å². The molecule has 2 aliphatic rings. The summed E-state index contributed by atoms with van der Waals surface area (Å²) in [6, 6.07) is 24.0. The zero-order valence-electron chi connectivity index (χ0n) is 28.6. The molecule has 0 saturated heterocycles. The monoisotopic (exact) mass is 608 g/mol. The van der Waals surface area contributed by atoms with E-state index in [9.17, 15) is 0 Å². The van der Waals surface area contributed by atoms with Crippen molar-refractivity contribution >= 4 is 11.1 Å². The molecule has 0 radical (unpaired) electrons. The van der Waals surface area contributed by atoms with Crippen molar-refractivity contribution < 1.29 is 14.2 Å². The molecule has 4 unspecified atom stereocenters. The quantitative estimate of drug-likeness (QED) is 0.134. The van der Waals surface area contributed by atoms with Crippen LogP contribution in [0.3, 0.4) is 0 Å². The topological polar surface area (TPSA) is 27.7 Å². The van der Waals surface area contributed by atoms with Gasteiger partial charge < -0.3 is 14.2 Å². The minimum Gasteiger partial charge on any atom is -0.497 e. The summed E-state index contributed by atoms with van der Waals surface area (Å²) in [5, 5.41) is 0. The first-order valence-corrected chi connectivity index (χ1v) is 17.9. The molecule has 5 rings (SSSR count). The number of ether oxygens (including phenoxy) is 3. The maximum atomic E-state index is 6.93. The van der Waals surface area contributed by atoms with Crippen molar-refractivity contribution in [3.05, 3.63) is 89.0 Å². The van der Waals surface area contributed by atoms with Crippen molar-refractivity contribution in [1.82, 2.24) is 0 Å². The van der Waals surface area contributed by atoms with Crippen LogP contribution >= 0.6 is 0 Å². The maximum absolute atomic E-state index is 6.93. The molecule has 0 N–H and O–H groups in total. The molecule has 1 aliphatic heterocycles. The van der Waals surface area contributed by atoms with Crippen LogP contribution in [0.4, 0.5) is 0 Å². The van der Waals surface area contributed by atoms with E-state index in [-0.39, 0.29) is 6.10 Å². The average Bonchev–Trinajstić information content (AvgIpc) is 3.84. The fourth-order valence-corrected chi connectivity index (χ4v) is 7.43. The Morgan fingerprint density at radius 2 is 1.49 bits per heavy atom. The van der Waals surface area contributed by atoms with Crippen LogP contribution in [-0.4, -0.2) is 13.7 Å². The van der Waals surface area contributed by atoms with E-state index >= 15 is 0 Å². The first-order valence-electron chi connectivity index (χ1n) is 17.9. The van der Waals surface area contributed by atoms with Gasteiger partial charge in [0, 0.05) is 11.1 Å². The summed E-state index contributed by atoms with van der Waals surface area (Å²) >= 11 is 0. The summed E-state index contributed by atoms with van der Waals surface area (Å²) in [6.07, 6.45) is 15.5. The highest BCUT2D eigenvalue weighted by atomic mass is 16.5. The van der Waals surface area contributed by atoms with Gasteiger partial charge in [0.2, 0.25) is 0 Å². The fourth-order valence-electron chi connectivity index (χ4n) is 7.43. The smallest absolute Gasteiger partial charge is 0.150 e. The normalized spacial score (nSPS) is 19.5. The molecule has 3 aromatic rings. The lowest BCUT2D eigenvalue weighted by Crippen LogP contribution is -2.16. The summed E-state index contributed by atoms with van der Waals surface area (Å²) in [7, 11) is 1.71. The van der Waals surface area contributed by atoms with E-state index in [0.717, 1.165) is 53.2 Å². The first-order chi connectivity index (χ1) is 22.1.